The number of ether oxygens (including phenoxy) is 3. The molecule has 0 saturated carbocycles. The molecule has 1 aliphatic carbocycles. The highest BCUT2D eigenvalue weighted by atomic mass is 16.5. The van der Waals surface area contributed by atoms with Crippen molar-refractivity contribution in [2.24, 2.45) is 0 Å². The van der Waals surface area contributed by atoms with Crippen LogP contribution in [0.3, 0.4) is 0 Å². The van der Waals surface area contributed by atoms with Crippen molar-refractivity contribution in [3.63, 3.8) is 0 Å². The molecular weight excluding hydrogens is 560 g/mol. The molecule has 0 fully saturated rings. The van der Waals surface area contributed by atoms with Gasteiger partial charge in [0.1, 0.15) is 18.5 Å². The average Bonchev–Trinajstić information content (AvgIpc) is 3.22. The Morgan fingerprint density at radius 3 is 2.18 bits per heavy atom. The molecule has 4 aromatic carbocycles. The minimum atomic E-state index is -0.953. The number of rotatable bonds is 15. The normalized spacial score (nSPS) is 15.0. The maximum absolute atomic E-state index is 11.4. The third kappa shape index (κ3) is 8.30. The Bertz CT molecular complexity index is 1570. The quantitative estimate of drug-likeness (QED) is 0.137. The van der Waals surface area contributed by atoms with Gasteiger partial charge in [0.15, 0.2) is 6.10 Å². The molecule has 1 aliphatic rings. The second-order valence-electron chi connectivity index (χ2n) is 11.7. The van der Waals surface area contributed by atoms with E-state index in [9.17, 15) is 9.90 Å². The topological polar surface area (TPSA) is 65.0 Å². The van der Waals surface area contributed by atoms with Crippen LogP contribution in [0.25, 0.3) is 12.2 Å². The molecule has 5 nitrogen and oxygen atoms in total. The van der Waals surface area contributed by atoms with E-state index in [0.29, 0.717) is 32.0 Å². The van der Waals surface area contributed by atoms with Crippen LogP contribution in [0.1, 0.15) is 90.1 Å². The first-order chi connectivity index (χ1) is 22.0. The number of hydrogen-bond acceptors (Lipinski definition) is 4. The molecule has 1 N–H and O–H groups in total. The van der Waals surface area contributed by atoms with Crippen LogP contribution in [0.2, 0.25) is 0 Å². The summed E-state index contributed by atoms with van der Waals surface area (Å²) < 4.78 is 18.0. The third-order valence-electron chi connectivity index (χ3n) is 8.51. The first-order valence-corrected chi connectivity index (χ1v) is 16.1. The highest BCUT2D eigenvalue weighted by Crippen LogP contribution is 2.38. The van der Waals surface area contributed by atoms with E-state index in [-0.39, 0.29) is 12.0 Å². The fraction of sp³-hybridized carbons (Fsp3) is 0.325. The monoisotopic (exact) mass is 604 g/mol. The number of unbranched alkanes of at least 4 members (excludes halogenated alkanes) is 1. The SMILES string of the molecule is CCCCc1ccc2c(c1)C=Cc1cc(C(C)c3ccccc3)ccc1C2OCCOc1ccc(CC(OCC)C(=O)O)cc1. The van der Waals surface area contributed by atoms with Crippen LogP contribution in [-0.2, 0) is 27.1 Å². The van der Waals surface area contributed by atoms with E-state index in [0.717, 1.165) is 17.5 Å². The van der Waals surface area contributed by atoms with E-state index in [1.165, 1.54) is 46.2 Å². The van der Waals surface area contributed by atoms with E-state index >= 15 is 0 Å². The van der Waals surface area contributed by atoms with Gasteiger partial charge >= 0.3 is 5.97 Å². The fourth-order valence-corrected chi connectivity index (χ4v) is 5.93. The van der Waals surface area contributed by atoms with Crippen molar-refractivity contribution in [3.8, 4) is 5.75 Å². The molecular formula is C40H44O5. The molecule has 0 bridgehead atoms. The van der Waals surface area contributed by atoms with E-state index in [4.69, 9.17) is 14.2 Å². The first-order valence-electron chi connectivity index (χ1n) is 16.1. The number of hydrogen-bond donors (Lipinski definition) is 1. The summed E-state index contributed by atoms with van der Waals surface area (Å²) in [7, 11) is 0. The standard InChI is InChI=1S/C40H44O5/c1-4-6-10-29-15-21-36-33(25-29)16-17-34-27-32(28(3)31-11-8-7-9-12-31)18-22-37(34)39(36)45-24-23-44-35-19-13-30(14-20-35)26-38(40(41)42)43-5-2/h7-9,11-22,25,27-28,38-39H,4-6,10,23-24,26H2,1-3H3,(H,41,42). The van der Waals surface area contributed by atoms with Crippen LogP contribution in [0.4, 0.5) is 0 Å². The highest BCUT2D eigenvalue weighted by molar-refractivity contribution is 5.77. The molecule has 5 heteroatoms. The number of carboxylic acids is 1. The lowest BCUT2D eigenvalue weighted by Gasteiger charge is -2.23. The fourth-order valence-electron chi connectivity index (χ4n) is 5.93. The molecule has 0 aromatic heterocycles. The number of aryl methyl sites for hydroxylation is 1. The third-order valence-corrected chi connectivity index (χ3v) is 8.51. The van der Waals surface area contributed by atoms with Crippen LogP contribution < -0.4 is 4.74 Å². The Morgan fingerprint density at radius 2 is 1.49 bits per heavy atom. The van der Waals surface area contributed by atoms with Gasteiger partial charge in [0.2, 0.25) is 0 Å². The van der Waals surface area contributed by atoms with E-state index < -0.39 is 12.1 Å². The predicted octanol–water partition coefficient (Wildman–Crippen LogP) is 8.88. The summed E-state index contributed by atoms with van der Waals surface area (Å²) in [6.45, 7) is 7.45. The summed E-state index contributed by atoms with van der Waals surface area (Å²) in [5.74, 6) is 0.0453. The molecule has 5 rings (SSSR count). The summed E-state index contributed by atoms with van der Waals surface area (Å²) in [4.78, 5) is 11.4. The van der Waals surface area contributed by atoms with Crippen LogP contribution in [0.5, 0.6) is 5.75 Å². The second kappa shape index (κ2) is 15.7. The average molecular weight is 605 g/mol. The number of carbonyl (C=O) groups is 1. The zero-order valence-electron chi connectivity index (χ0n) is 26.6. The summed E-state index contributed by atoms with van der Waals surface area (Å²) in [6.07, 6.45) is 7.14. The van der Waals surface area contributed by atoms with Gasteiger partial charge in [-0.05, 0) is 76.4 Å². The Balaban J connectivity index is 1.31. The zero-order valence-corrected chi connectivity index (χ0v) is 26.6. The van der Waals surface area contributed by atoms with Crippen molar-refractivity contribution in [1.82, 2.24) is 0 Å². The molecule has 0 spiro atoms. The van der Waals surface area contributed by atoms with Crippen LogP contribution >= 0.6 is 0 Å². The molecule has 0 amide bonds. The Labute approximate surface area is 267 Å². The van der Waals surface area contributed by atoms with E-state index in [1.807, 2.05) is 24.3 Å². The van der Waals surface area contributed by atoms with Gasteiger partial charge in [-0.2, -0.15) is 0 Å². The van der Waals surface area contributed by atoms with E-state index in [2.05, 4.69) is 92.7 Å². The van der Waals surface area contributed by atoms with Crippen molar-refractivity contribution in [2.45, 2.75) is 64.6 Å². The number of benzene rings is 4. The Hall–Kier alpha value is -4.19. The number of fused-ring (bicyclic) bond motifs is 2. The first kappa shape index (κ1) is 32.2. The summed E-state index contributed by atoms with van der Waals surface area (Å²) in [5.41, 5.74) is 9.51. The molecule has 3 atom stereocenters. The molecule has 234 valence electrons. The lowest BCUT2D eigenvalue weighted by atomic mass is 9.88. The molecule has 0 radical (unpaired) electrons. The maximum Gasteiger partial charge on any atom is 0.333 e. The highest BCUT2D eigenvalue weighted by Gasteiger charge is 2.24. The number of aliphatic carboxylic acids is 1. The van der Waals surface area contributed by atoms with Gasteiger partial charge in [0.05, 0.1) is 6.61 Å². The molecule has 0 heterocycles. The summed E-state index contributed by atoms with van der Waals surface area (Å²) in [6, 6.07) is 31.7. The predicted molar refractivity (Wildman–Crippen MR) is 181 cm³/mol. The second-order valence-corrected chi connectivity index (χ2v) is 11.7. The minimum absolute atomic E-state index is 0.219. The molecule has 45 heavy (non-hydrogen) atoms. The van der Waals surface area contributed by atoms with Gasteiger partial charge < -0.3 is 19.3 Å². The van der Waals surface area contributed by atoms with Gasteiger partial charge in [-0.15, -0.1) is 0 Å². The van der Waals surface area contributed by atoms with Crippen molar-refractivity contribution in [3.05, 3.63) is 136 Å². The van der Waals surface area contributed by atoms with Crippen molar-refractivity contribution in [2.75, 3.05) is 19.8 Å². The Kier molecular flexibility index (Phi) is 11.2. The zero-order chi connectivity index (χ0) is 31.6. The summed E-state index contributed by atoms with van der Waals surface area (Å²) >= 11 is 0. The van der Waals surface area contributed by atoms with Gasteiger partial charge in [0, 0.05) is 18.9 Å². The van der Waals surface area contributed by atoms with Crippen LogP contribution in [0.15, 0.2) is 91.0 Å². The summed E-state index contributed by atoms with van der Waals surface area (Å²) in [5, 5.41) is 9.38. The van der Waals surface area contributed by atoms with E-state index in [1.54, 1.807) is 6.92 Å². The van der Waals surface area contributed by atoms with Crippen molar-refractivity contribution in [1.29, 1.82) is 0 Å². The molecule has 0 saturated heterocycles. The maximum atomic E-state index is 11.4. The molecule has 4 aromatic rings. The van der Waals surface area contributed by atoms with Gasteiger partial charge in [-0.1, -0.05) is 111 Å². The minimum Gasteiger partial charge on any atom is -0.491 e. The van der Waals surface area contributed by atoms with Crippen molar-refractivity contribution >= 4 is 18.1 Å². The van der Waals surface area contributed by atoms with Crippen molar-refractivity contribution < 1.29 is 24.1 Å². The van der Waals surface area contributed by atoms with Gasteiger partial charge in [-0.3, -0.25) is 0 Å². The lowest BCUT2D eigenvalue weighted by molar-refractivity contribution is -0.149. The van der Waals surface area contributed by atoms with Gasteiger partial charge in [0.25, 0.3) is 0 Å². The lowest BCUT2D eigenvalue weighted by Crippen LogP contribution is -2.26. The van der Waals surface area contributed by atoms with Crippen LogP contribution in [-0.4, -0.2) is 37.0 Å². The number of carboxylic acid groups (broad SMARTS) is 1. The van der Waals surface area contributed by atoms with Gasteiger partial charge in [-0.25, -0.2) is 4.79 Å². The largest absolute Gasteiger partial charge is 0.491 e. The molecule has 0 aliphatic heterocycles. The van der Waals surface area contributed by atoms with Crippen LogP contribution in [0, 0.1) is 0 Å². The smallest absolute Gasteiger partial charge is 0.333 e. The Morgan fingerprint density at radius 1 is 0.800 bits per heavy atom. The molecule has 3 unspecified atom stereocenters.